The van der Waals surface area contributed by atoms with Gasteiger partial charge >= 0.3 is 0 Å². The maximum Gasteiger partial charge on any atom is 0.240 e. The summed E-state index contributed by atoms with van der Waals surface area (Å²) in [6.07, 6.45) is 5.53. The molecule has 0 aromatic heterocycles. The van der Waals surface area contributed by atoms with E-state index in [1.165, 1.54) is 12.1 Å². The third-order valence-corrected chi connectivity index (χ3v) is 3.97. The van der Waals surface area contributed by atoms with Crippen LogP contribution in [-0.2, 0) is 9.53 Å². The van der Waals surface area contributed by atoms with Gasteiger partial charge in [-0.25, -0.2) is 4.39 Å². The van der Waals surface area contributed by atoms with Gasteiger partial charge in [-0.15, -0.1) is 0 Å². The van der Waals surface area contributed by atoms with Gasteiger partial charge in [0.25, 0.3) is 0 Å². The standard InChI is InChI=1S/C16H21FN2O2/c1-21-12-16(15(18)20)9-3-11-19(16)10-2-4-13-5-7-14(17)8-6-13/h2,4-8H,3,9-12H2,1H3,(H2,18,20)/b4-2+. The molecule has 0 radical (unpaired) electrons. The molecule has 1 aromatic carbocycles. The molecule has 1 unspecified atom stereocenters. The van der Waals surface area contributed by atoms with Gasteiger partial charge in [-0.3, -0.25) is 9.69 Å². The van der Waals surface area contributed by atoms with Gasteiger partial charge in [-0.2, -0.15) is 0 Å². The van der Waals surface area contributed by atoms with E-state index in [4.69, 9.17) is 10.5 Å². The fourth-order valence-corrected chi connectivity index (χ4v) is 2.84. The van der Waals surface area contributed by atoms with Crippen molar-refractivity contribution in [2.75, 3.05) is 26.8 Å². The lowest BCUT2D eigenvalue weighted by Crippen LogP contribution is -2.56. The van der Waals surface area contributed by atoms with Crippen molar-refractivity contribution in [3.05, 3.63) is 41.7 Å². The van der Waals surface area contributed by atoms with Gasteiger partial charge in [-0.1, -0.05) is 24.3 Å². The number of likely N-dealkylation sites (tertiary alicyclic amines) is 1. The van der Waals surface area contributed by atoms with Crippen LogP contribution in [0.25, 0.3) is 6.08 Å². The van der Waals surface area contributed by atoms with Gasteiger partial charge in [0, 0.05) is 13.7 Å². The number of amides is 1. The molecule has 1 atom stereocenters. The fraction of sp³-hybridized carbons (Fsp3) is 0.438. The molecule has 114 valence electrons. The SMILES string of the molecule is COCC1(C(N)=O)CCCN1C/C=C/c1ccc(F)cc1. The normalized spacial score (nSPS) is 23.0. The molecule has 0 spiro atoms. The molecule has 2 rings (SSSR count). The lowest BCUT2D eigenvalue weighted by Gasteiger charge is -2.34. The zero-order valence-electron chi connectivity index (χ0n) is 12.2. The molecule has 5 heteroatoms. The van der Waals surface area contributed by atoms with E-state index in [2.05, 4.69) is 4.90 Å². The van der Waals surface area contributed by atoms with Crippen LogP contribution in [-0.4, -0.2) is 43.2 Å². The first-order chi connectivity index (χ1) is 10.1. The van der Waals surface area contributed by atoms with Crippen molar-refractivity contribution in [3.8, 4) is 0 Å². The summed E-state index contributed by atoms with van der Waals surface area (Å²) in [5.41, 5.74) is 5.80. The Morgan fingerprint density at radius 3 is 2.81 bits per heavy atom. The van der Waals surface area contributed by atoms with Crippen molar-refractivity contribution < 1.29 is 13.9 Å². The summed E-state index contributed by atoms with van der Waals surface area (Å²) in [6.45, 7) is 1.75. The first-order valence-corrected chi connectivity index (χ1v) is 7.04. The Labute approximate surface area is 124 Å². The van der Waals surface area contributed by atoms with Crippen LogP contribution in [0.2, 0.25) is 0 Å². The van der Waals surface area contributed by atoms with E-state index in [1.807, 2.05) is 12.2 Å². The summed E-state index contributed by atoms with van der Waals surface area (Å²) in [4.78, 5) is 13.9. The summed E-state index contributed by atoms with van der Waals surface area (Å²) in [5.74, 6) is -0.587. The predicted octanol–water partition coefficient (Wildman–Crippen LogP) is 1.81. The quantitative estimate of drug-likeness (QED) is 0.870. The minimum Gasteiger partial charge on any atom is -0.382 e. The molecule has 0 saturated carbocycles. The third-order valence-electron chi connectivity index (χ3n) is 3.97. The monoisotopic (exact) mass is 292 g/mol. The fourth-order valence-electron chi connectivity index (χ4n) is 2.84. The maximum atomic E-state index is 12.8. The second-order valence-corrected chi connectivity index (χ2v) is 5.33. The van der Waals surface area contributed by atoms with E-state index in [0.29, 0.717) is 13.2 Å². The number of nitrogens with zero attached hydrogens (tertiary/aromatic N) is 1. The van der Waals surface area contributed by atoms with E-state index in [9.17, 15) is 9.18 Å². The van der Waals surface area contributed by atoms with Crippen molar-refractivity contribution in [2.45, 2.75) is 18.4 Å². The lowest BCUT2D eigenvalue weighted by molar-refractivity contribution is -0.131. The first-order valence-electron chi connectivity index (χ1n) is 7.04. The maximum absolute atomic E-state index is 12.8. The van der Waals surface area contributed by atoms with E-state index >= 15 is 0 Å². The average Bonchev–Trinajstić information content (AvgIpc) is 2.86. The smallest absolute Gasteiger partial charge is 0.240 e. The van der Waals surface area contributed by atoms with Crippen LogP contribution in [0.15, 0.2) is 30.3 Å². The van der Waals surface area contributed by atoms with Crippen LogP contribution in [0.4, 0.5) is 4.39 Å². The minimum atomic E-state index is -0.706. The van der Waals surface area contributed by atoms with Gasteiger partial charge in [-0.05, 0) is 37.1 Å². The second-order valence-electron chi connectivity index (χ2n) is 5.33. The van der Waals surface area contributed by atoms with E-state index in [-0.39, 0.29) is 11.7 Å². The number of primary amides is 1. The number of halogens is 1. The molecular formula is C16H21FN2O2. The predicted molar refractivity (Wildman–Crippen MR) is 80.0 cm³/mol. The average molecular weight is 292 g/mol. The molecule has 1 aliphatic rings. The Morgan fingerprint density at radius 1 is 1.48 bits per heavy atom. The van der Waals surface area contributed by atoms with E-state index in [0.717, 1.165) is 24.9 Å². The number of benzene rings is 1. The highest BCUT2D eigenvalue weighted by Gasteiger charge is 2.45. The molecule has 1 heterocycles. The van der Waals surface area contributed by atoms with Crippen LogP contribution < -0.4 is 5.73 Å². The highest BCUT2D eigenvalue weighted by atomic mass is 19.1. The molecular weight excluding hydrogens is 271 g/mol. The molecule has 1 fully saturated rings. The molecule has 0 aliphatic carbocycles. The largest absolute Gasteiger partial charge is 0.382 e. The number of hydrogen-bond donors (Lipinski definition) is 1. The molecule has 4 nitrogen and oxygen atoms in total. The number of rotatable bonds is 6. The topological polar surface area (TPSA) is 55.6 Å². The summed E-state index contributed by atoms with van der Waals surface area (Å²) in [5, 5.41) is 0. The second kappa shape index (κ2) is 6.83. The molecule has 21 heavy (non-hydrogen) atoms. The van der Waals surface area contributed by atoms with E-state index in [1.54, 1.807) is 19.2 Å². The van der Waals surface area contributed by atoms with Crippen molar-refractivity contribution in [1.29, 1.82) is 0 Å². The van der Waals surface area contributed by atoms with Crippen LogP contribution in [0.1, 0.15) is 18.4 Å². The number of methoxy groups -OCH3 is 1. The third kappa shape index (κ3) is 3.49. The Balaban J connectivity index is 2.04. The zero-order valence-corrected chi connectivity index (χ0v) is 12.2. The Kier molecular flexibility index (Phi) is 5.09. The first kappa shape index (κ1) is 15.7. The van der Waals surface area contributed by atoms with E-state index < -0.39 is 5.54 Å². The summed E-state index contributed by atoms with van der Waals surface area (Å²) < 4.78 is 18.0. The number of carbonyl (C=O) groups is 1. The molecule has 1 saturated heterocycles. The lowest BCUT2D eigenvalue weighted by atomic mass is 9.96. The Morgan fingerprint density at radius 2 is 2.19 bits per heavy atom. The van der Waals surface area contributed by atoms with Gasteiger partial charge in [0.15, 0.2) is 0 Å². The highest BCUT2D eigenvalue weighted by Crippen LogP contribution is 2.29. The van der Waals surface area contributed by atoms with Crippen molar-refractivity contribution >= 4 is 12.0 Å². The number of ether oxygens (including phenoxy) is 1. The van der Waals surface area contributed by atoms with Crippen LogP contribution in [0.5, 0.6) is 0 Å². The molecule has 2 N–H and O–H groups in total. The summed E-state index contributed by atoms with van der Waals surface area (Å²) >= 11 is 0. The zero-order chi connectivity index (χ0) is 15.3. The molecule has 1 aliphatic heterocycles. The number of carbonyl (C=O) groups excluding carboxylic acids is 1. The van der Waals surface area contributed by atoms with Gasteiger partial charge in [0.2, 0.25) is 5.91 Å². The summed E-state index contributed by atoms with van der Waals surface area (Å²) in [7, 11) is 1.58. The number of hydrogen-bond acceptors (Lipinski definition) is 3. The highest BCUT2D eigenvalue weighted by molar-refractivity contribution is 5.85. The molecule has 1 aromatic rings. The Hall–Kier alpha value is -1.72. The van der Waals surface area contributed by atoms with Gasteiger partial charge < -0.3 is 10.5 Å². The van der Waals surface area contributed by atoms with Crippen LogP contribution in [0, 0.1) is 5.82 Å². The molecule has 0 bridgehead atoms. The summed E-state index contributed by atoms with van der Waals surface area (Å²) in [6, 6.07) is 6.28. The van der Waals surface area contributed by atoms with Gasteiger partial charge in [0.05, 0.1) is 6.61 Å². The molecule has 1 amide bonds. The van der Waals surface area contributed by atoms with Gasteiger partial charge in [0.1, 0.15) is 11.4 Å². The van der Waals surface area contributed by atoms with Crippen LogP contribution >= 0.6 is 0 Å². The number of nitrogens with two attached hydrogens (primary N) is 1. The van der Waals surface area contributed by atoms with Crippen molar-refractivity contribution in [2.24, 2.45) is 5.73 Å². The van der Waals surface area contributed by atoms with Crippen molar-refractivity contribution in [3.63, 3.8) is 0 Å². The van der Waals surface area contributed by atoms with Crippen molar-refractivity contribution in [1.82, 2.24) is 4.90 Å². The van der Waals surface area contributed by atoms with Crippen LogP contribution in [0.3, 0.4) is 0 Å². The Bertz CT molecular complexity index is 516. The minimum absolute atomic E-state index is 0.250.